The molecule has 20 heavy (non-hydrogen) atoms. The van der Waals surface area contributed by atoms with Crippen molar-refractivity contribution in [1.82, 2.24) is 30.0 Å². The van der Waals surface area contributed by atoms with Gasteiger partial charge in [0, 0.05) is 12.2 Å². The summed E-state index contributed by atoms with van der Waals surface area (Å²) in [4.78, 5) is 0. The van der Waals surface area contributed by atoms with E-state index >= 15 is 0 Å². The minimum Gasteiger partial charge on any atom is -0.369 e. The molecule has 0 radical (unpaired) electrons. The van der Waals surface area contributed by atoms with Crippen LogP contribution in [-0.4, -0.2) is 36.6 Å². The molecule has 0 bridgehead atoms. The SMILES string of the molecule is Cc1[nH]ncc1CCCNc1ccc2nnc(C)n2n1. The van der Waals surface area contributed by atoms with Crippen LogP contribution in [0.2, 0.25) is 0 Å². The van der Waals surface area contributed by atoms with Crippen LogP contribution in [-0.2, 0) is 6.42 Å². The number of rotatable bonds is 5. The van der Waals surface area contributed by atoms with Gasteiger partial charge >= 0.3 is 0 Å². The van der Waals surface area contributed by atoms with E-state index in [-0.39, 0.29) is 0 Å². The molecule has 0 aliphatic heterocycles. The van der Waals surface area contributed by atoms with Gasteiger partial charge in [-0.15, -0.1) is 15.3 Å². The summed E-state index contributed by atoms with van der Waals surface area (Å²) in [7, 11) is 0. The Morgan fingerprint density at radius 1 is 1.25 bits per heavy atom. The van der Waals surface area contributed by atoms with Gasteiger partial charge in [0.2, 0.25) is 0 Å². The zero-order chi connectivity index (χ0) is 13.9. The van der Waals surface area contributed by atoms with Crippen molar-refractivity contribution < 1.29 is 0 Å². The summed E-state index contributed by atoms with van der Waals surface area (Å²) < 4.78 is 1.74. The highest BCUT2D eigenvalue weighted by atomic mass is 15.4. The standard InChI is InChI=1S/C13H17N7/c1-9-11(8-15-16-9)4-3-7-14-12-5-6-13-18-17-10(2)20(13)19-12/h5-6,8H,3-4,7H2,1-2H3,(H,14,19)(H,15,16). The minimum atomic E-state index is 0.766. The lowest BCUT2D eigenvalue weighted by atomic mass is 10.1. The van der Waals surface area contributed by atoms with E-state index in [1.807, 2.05) is 32.2 Å². The van der Waals surface area contributed by atoms with Crippen LogP contribution in [0.15, 0.2) is 18.3 Å². The molecule has 0 aliphatic carbocycles. The number of aromatic nitrogens is 6. The van der Waals surface area contributed by atoms with Crippen molar-refractivity contribution in [2.75, 3.05) is 11.9 Å². The molecule has 7 heteroatoms. The number of anilines is 1. The first-order valence-electron chi connectivity index (χ1n) is 6.66. The molecule has 0 atom stereocenters. The van der Waals surface area contributed by atoms with Crippen molar-refractivity contribution in [3.05, 3.63) is 35.4 Å². The Labute approximate surface area is 116 Å². The predicted molar refractivity (Wildman–Crippen MR) is 75.7 cm³/mol. The zero-order valence-electron chi connectivity index (χ0n) is 11.6. The summed E-state index contributed by atoms with van der Waals surface area (Å²) in [5.74, 6) is 1.63. The third-order valence-electron chi connectivity index (χ3n) is 3.28. The van der Waals surface area contributed by atoms with Gasteiger partial charge in [-0.2, -0.15) is 9.61 Å². The van der Waals surface area contributed by atoms with Gasteiger partial charge in [0.15, 0.2) is 11.5 Å². The molecule has 3 aromatic heterocycles. The molecule has 7 nitrogen and oxygen atoms in total. The molecule has 3 heterocycles. The van der Waals surface area contributed by atoms with E-state index in [9.17, 15) is 0 Å². The van der Waals surface area contributed by atoms with E-state index in [2.05, 4.69) is 30.8 Å². The van der Waals surface area contributed by atoms with E-state index in [0.29, 0.717) is 0 Å². The molecule has 2 N–H and O–H groups in total. The van der Waals surface area contributed by atoms with Crippen molar-refractivity contribution in [3.8, 4) is 0 Å². The Balaban J connectivity index is 1.57. The van der Waals surface area contributed by atoms with Gasteiger partial charge in [0.1, 0.15) is 5.82 Å². The first-order chi connectivity index (χ1) is 9.74. The molecule has 104 valence electrons. The van der Waals surface area contributed by atoms with E-state index in [1.165, 1.54) is 5.56 Å². The van der Waals surface area contributed by atoms with Gasteiger partial charge in [-0.3, -0.25) is 5.10 Å². The topological polar surface area (TPSA) is 83.8 Å². The number of H-pyrrole nitrogens is 1. The molecule has 0 spiro atoms. The highest BCUT2D eigenvalue weighted by molar-refractivity contribution is 5.43. The van der Waals surface area contributed by atoms with Gasteiger partial charge in [-0.25, -0.2) is 0 Å². The van der Waals surface area contributed by atoms with Gasteiger partial charge < -0.3 is 5.32 Å². The minimum absolute atomic E-state index is 0.766. The van der Waals surface area contributed by atoms with Gasteiger partial charge in [0.25, 0.3) is 0 Å². The van der Waals surface area contributed by atoms with E-state index < -0.39 is 0 Å². The van der Waals surface area contributed by atoms with Crippen molar-refractivity contribution in [2.24, 2.45) is 0 Å². The number of hydrogen-bond acceptors (Lipinski definition) is 5. The van der Waals surface area contributed by atoms with Gasteiger partial charge in [-0.05, 0) is 44.4 Å². The molecule has 0 fully saturated rings. The normalized spacial score (nSPS) is 11.1. The molecule has 3 rings (SSSR count). The highest BCUT2D eigenvalue weighted by Crippen LogP contribution is 2.08. The number of nitrogens with zero attached hydrogens (tertiary/aromatic N) is 5. The average molecular weight is 271 g/mol. The van der Waals surface area contributed by atoms with Crippen LogP contribution in [0, 0.1) is 13.8 Å². The summed E-state index contributed by atoms with van der Waals surface area (Å²) in [5.41, 5.74) is 3.18. The fourth-order valence-corrected chi connectivity index (χ4v) is 2.11. The van der Waals surface area contributed by atoms with Crippen molar-refractivity contribution >= 4 is 11.5 Å². The van der Waals surface area contributed by atoms with E-state index in [1.54, 1.807) is 4.52 Å². The lowest BCUT2D eigenvalue weighted by molar-refractivity contribution is 0.832. The second-order valence-electron chi connectivity index (χ2n) is 4.79. The molecular weight excluding hydrogens is 254 g/mol. The Hall–Kier alpha value is -2.44. The summed E-state index contributed by atoms with van der Waals surface area (Å²) in [5, 5.41) is 22.7. The highest BCUT2D eigenvalue weighted by Gasteiger charge is 2.03. The molecule has 0 saturated heterocycles. The smallest absolute Gasteiger partial charge is 0.178 e. The molecule has 0 amide bonds. The van der Waals surface area contributed by atoms with Crippen molar-refractivity contribution in [3.63, 3.8) is 0 Å². The first kappa shape index (κ1) is 12.6. The fraction of sp³-hybridized carbons (Fsp3) is 0.385. The van der Waals surface area contributed by atoms with E-state index in [0.717, 1.165) is 42.4 Å². The summed E-state index contributed by atoms with van der Waals surface area (Å²) >= 11 is 0. The summed E-state index contributed by atoms with van der Waals surface area (Å²) in [6, 6.07) is 3.84. The second-order valence-corrected chi connectivity index (χ2v) is 4.79. The maximum Gasteiger partial charge on any atom is 0.178 e. The Morgan fingerprint density at radius 3 is 2.95 bits per heavy atom. The summed E-state index contributed by atoms with van der Waals surface area (Å²) in [6.07, 6.45) is 3.92. The number of aromatic amines is 1. The van der Waals surface area contributed by atoms with Crippen molar-refractivity contribution in [2.45, 2.75) is 26.7 Å². The third kappa shape index (κ3) is 2.47. The zero-order valence-corrected chi connectivity index (χ0v) is 11.6. The maximum atomic E-state index is 4.45. The first-order valence-corrected chi connectivity index (χ1v) is 6.66. The third-order valence-corrected chi connectivity index (χ3v) is 3.28. The Morgan fingerprint density at radius 2 is 2.15 bits per heavy atom. The lowest BCUT2D eigenvalue weighted by Gasteiger charge is -2.05. The Kier molecular flexibility index (Phi) is 3.32. The molecular formula is C13H17N7. The molecule has 0 aliphatic rings. The van der Waals surface area contributed by atoms with Crippen LogP contribution in [0.25, 0.3) is 5.65 Å². The number of hydrogen-bond donors (Lipinski definition) is 2. The molecule has 3 aromatic rings. The van der Waals surface area contributed by atoms with Gasteiger partial charge in [-0.1, -0.05) is 0 Å². The monoisotopic (exact) mass is 271 g/mol. The van der Waals surface area contributed by atoms with Crippen LogP contribution in [0.3, 0.4) is 0 Å². The maximum absolute atomic E-state index is 4.45. The second kappa shape index (κ2) is 5.28. The van der Waals surface area contributed by atoms with Crippen LogP contribution >= 0.6 is 0 Å². The fourth-order valence-electron chi connectivity index (χ4n) is 2.11. The number of nitrogens with one attached hydrogen (secondary N) is 2. The largest absolute Gasteiger partial charge is 0.369 e. The average Bonchev–Trinajstić information content (AvgIpc) is 3.02. The Bertz CT molecular complexity index is 712. The molecule has 0 aromatic carbocycles. The lowest BCUT2D eigenvalue weighted by Crippen LogP contribution is -2.07. The quantitative estimate of drug-likeness (QED) is 0.687. The number of aryl methyl sites for hydroxylation is 3. The number of fused-ring (bicyclic) bond motifs is 1. The van der Waals surface area contributed by atoms with Crippen LogP contribution in [0.1, 0.15) is 23.5 Å². The van der Waals surface area contributed by atoms with Gasteiger partial charge in [0.05, 0.1) is 6.20 Å². The van der Waals surface area contributed by atoms with Crippen LogP contribution < -0.4 is 5.32 Å². The summed E-state index contributed by atoms with van der Waals surface area (Å²) in [6.45, 7) is 4.79. The van der Waals surface area contributed by atoms with E-state index in [4.69, 9.17) is 0 Å². The van der Waals surface area contributed by atoms with Crippen LogP contribution in [0.4, 0.5) is 5.82 Å². The molecule has 0 saturated carbocycles. The van der Waals surface area contributed by atoms with Crippen molar-refractivity contribution in [1.29, 1.82) is 0 Å². The predicted octanol–water partition coefficient (Wildman–Crippen LogP) is 1.51. The molecule has 0 unspecified atom stereocenters. The van der Waals surface area contributed by atoms with Crippen LogP contribution in [0.5, 0.6) is 0 Å².